The van der Waals surface area contributed by atoms with Crippen molar-refractivity contribution < 1.29 is 22.8 Å². The average molecular weight is 497 g/mol. The Labute approximate surface area is 197 Å². The van der Waals surface area contributed by atoms with Gasteiger partial charge >= 0.3 is 0 Å². The third-order valence-electron chi connectivity index (χ3n) is 5.29. The van der Waals surface area contributed by atoms with Crippen LogP contribution in [0.5, 0.6) is 0 Å². The number of aryl methyl sites for hydroxylation is 1. The summed E-state index contributed by atoms with van der Waals surface area (Å²) in [6.07, 6.45) is 0.407. The molecular formula is C22H25ClN2O5S2. The number of carbonyl (C=O) groups excluding carboxylic acids is 3. The van der Waals surface area contributed by atoms with Crippen LogP contribution >= 0.6 is 22.9 Å². The first-order chi connectivity index (χ1) is 15.2. The minimum Gasteiger partial charge on any atom is -0.340 e. The van der Waals surface area contributed by atoms with E-state index in [4.69, 9.17) is 11.6 Å². The van der Waals surface area contributed by atoms with Crippen LogP contribution in [-0.4, -0.2) is 61.3 Å². The molecular weight excluding hydrogens is 472 g/mol. The van der Waals surface area contributed by atoms with E-state index in [1.165, 1.54) is 27.8 Å². The zero-order valence-electron chi connectivity index (χ0n) is 17.8. The van der Waals surface area contributed by atoms with Gasteiger partial charge in [-0.3, -0.25) is 14.4 Å². The summed E-state index contributed by atoms with van der Waals surface area (Å²) >= 11 is 7.32. The number of sulfonamides is 1. The summed E-state index contributed by atoms with van der Waals surface area (Å²) in [5.74, 6) is -0.361. The Morgan fingerprint density at radius 2 is 1.66 bits per heavy atom. The molecule has 3 rings (SSSR count). The van der Waals surface area contributed by atoms with Crippen molar-refractivity contribution in [1.29, 1.82) is 0 Å². The fourth-order valence-corrected chi connectivity index (χ4v) is 6.00. The van der Waals surface area contributed by atoms with Crippen molar-refractivity contribution in [3.05, 3.63) is 51.2 Å². The van der Waals surface area contributed by atoms with Gasteiger partial charge in [0.15, 0.2) is 5.78 Å². The van der Waals surface area contributed by atoms with Gasteiger partial charge < -0.3 is 4.90 Å². The number of nitrogens with zero attached hydrogens (tertiary/aromatic N) is 2. The molecule has 1 aromatic carbocycles. The molecule has 0 aliphatic carbocycles. The fraction of sp³-hybridized carbons (Fsp3) is 0.409. The zero-order valence-corrected chi connectivity index (χ0v) is 20.1. The van der Waals surface area contributed by atoms with Crippen molar-refractivity contribution in [3.63, 3.8) is 0 Å². The maximum Gasteiger partial charge on any atom is 0.243 e. The van der Waals surface area contributed by atoms with E-state index in [-0.39, 0.29) is 74.2 Å². The molecule has 1 fully saturated rings. The summed E-state index contributed by atoms with van der Waals surface area (Å²) < 4.78 is 26.8. The molecule has 1 aromatic heterocycles. The van der Waals surface area contributed by atoms with Gasteiger partial charge in [-0.05, 0) is 37.3 Å². The second kappa shape index (κ2) is 10.7. The van der Waals surface area contributed by atoms with E-state index in [1.807, 2.05) is 13.0 Å². The van der Waals surface area contributed by atoms with Gasteiger partial charge in [-0.1, -0.05) is 17.7 Å². The molecule has 0 spiro atoms. The van der Waals surface area contributed by atoms with Crippen molar-refractivity contribution >= 4 is 50.4 Å². The standard InChI is InChI=1S/C22H25ClN2O5S2/c1-16-5-9-21(31-16)20(27)8-6-18(26)7-10-22(28)24-11-13-25(14-12-24)32(29,30)19-4-2-3-17(23)15-19/h2-5,9,15H,6-8,10-14H2,1H3. The average Bonchev–Trinajstić information content (AvgIpc) is 3.22. The topological polar surface area (TPSA) is 91.8 Å². The number of piperazine rings is 1. The predicted octanol–water partition coefficient (Wildman–Crippen LogP) is 3.56. The number of halogens is 1. The number of Topliss-reactive ketones (excluding diaryl/α,β-unsaturated/α-hetero) is 2. The van der Waals surface area contributed by atoms with Crippen LogP contribution in [0.1, 0.15) is 40.2 Å². The van der Waals surface area contributed by atoms with Gasteiger partial charge in [0.25, 0.3) is 0 Å². The number of thiophene rings is 1. The molecule has 172 valence electrons. The van der Waals surface area contributed by atoms with Crippen LogP contribution in [0.25, 0.3) is 0 Å². The maximum atomic E-state index is 12.8. The van der Waals surface area contributed by atoms with E-state index in [0.29, 0.717) is 9.90 Å². The summed E-state index contributed by atoms with van der Waals surface area (Å²) in [4.78, 5) is 40.1. The third kappa shape index (κ3) is 6.25. The number of rotatable bonds is 9. The van der Waals surface area contributed by atoms with Crippen molar-refractivity contribution in [2.75, 3.05) is 26.2 Å². The molecule has 0 radical (unpaired) electrons. The van der Waals surface area contributed by atoms with Gasteiger partial charge in [-0.25, -0.2) is 8.42 Å². The Morgan fingerprint density at radius 3 is 2.28 bits per heavy atom. The van der Waals surface area contributed by atoms with E-state index in [1.54, 1.807) is 23.1 Å². The lowest BCUT2D eigenvalue weighted by Gasteiger charge is -2.34. The minimum atomic E-state index is -3.67. The first-order valence-corrected chi connectivity index (χ1v) is 12.9. The lowest BCUT2D eigenvalue weighted by atomic mass is 10.1. The van der Waals surface area contributed by atoms with Crippen LogP contribution in [0.15, 0.2) is 41.3 Å². The lowest BCUT2D eigenvalue weighted by molar-refractivity contribution is -0.134. The Hall–Kier alpha value is -2.07. The van der Waals surface area contributed by atoms with Gasteiger partial charge in [0.05, 0.1) is 9.77 Å². The zero-order chi connectivity index (χ0) is 23.3. The highest BCUT2D eigenvalue weighted by Crippen LogP contribution is 2.21. The van der Waals surface area contributed by atoms with Gasteiger partial charge in [0.2, 0.25) is 15.9 Å². The minimum absolute atomic E-state index is 0.0557. The van der Waals surface area contributed by atoms with E-state index in [9.17, 15) is 22.8 Å². The summed E-state index contributed by atoms with van der Waals surface area (Å²) in [6.45, 7) is 2.82. The van der Waals surface area contributed by atoms with Crippen LogP contribution in [-0.2, 0) is 19.6 Å². The molecule has 0 bridgehead atoms. The van der Waals surface area contributed by atoms with E-state index < -0.39 is 10.0 Å². The van der Waals surface area contributed by atoms with E-state index in [0.717, 1.165) is 4.88 Å². The number of hydrogen-bond donors (Lipinski definition) is 0. The highest BCUT2D eigenvalue weighted by atomic mass is 35.5. The monoisotopic (exact) mass is 496 g/mol. The first kappa shape index (κ1) is 24.6. The number of carbonyl (C=O) groups is 3. The number of ketones is 2. The van der Waals surface area contributed by atoms with Gasteiger partial charge in [0, 0.05) is 61.8 Å². The highest BCUT2D eigenvalue weighted by molar-refractivity contribution is 7.89. The van der Waals surface area contributed by atoms with Gasteiger partial charge in [-0.15, -0.1) is 11.3 Å². The van der Waals surface area contributed by atoms with Crippen molar-refractivity contribution in [2.24, 2.45) is 0 Å². The van der Waals surface area contributed by atoms with Crippen molar-refractivity contribution in [1.82, 2.24) is 9.21 Å². The predicted molar refractivity (Wildman–Crippen MR) is 124 cm³/mol. The highest BCUT2D eigenvalue weighted by Gasteiger charge is 2.30. The Bertz CT molecular complexity index is 1110. The van der Waals surface area contributed by atoms with Crippen LogP contribution in [0.4, 0.5) is 0 Å². The van der Waals surface area contributed by atoms with Crippen molar-refractivity contribution in [2.45, 2.75) is 37.5 Å². The molecule has 10 heteroatoms. The second-order valence-electron chi connectivity index (χ2n) is 7.61. The second-order valence-corrected chi connectivity index (χ2v) is 11.3. The lowest BCUT2D eigenvalue weighted by Crippen LogP contribution is -2.50. The van der Waals surface area contributed by atoms with Gasteiger partial charge in [-0.2, -0.15) is 4.31 Å². The van der Waals surface area contributed by atoms with Crippen LogP contribution in [0.2, 0.25) is 5.02 Å². The first-order valence-electron chi connectivity index (χ1n) is 10.3. The molecule has 1 aliphatic rings. The molecule has 2 heterocycles. The van der Waals surface area contributed by atoms with Crippen LogP contribution < -0.4 is 0 Å². The molecule has 32 heavy (non-hydrogen) atoms. The molecule has 1 amide bonds. The molecule has 0 unspecified atom stereocenters. The quantitative estimate of drug-likeness (QED) is 0.495. The summed E-state index contributed by atoms with van der Waals surface area (Å²) in [7, 11) is -3.67. The Balaban J connectivity index is 1.42. The number of amides is 1. The molecule has 1 aliphatic heterocycles. The van der Waals surface area contributed by atoms with Crippen LogP contribution in [0.3, 0.4) is 0 Å². The molecule has 7 nitrogen and oxygen atoms in total. The summed E-state index contributed by atoms with van der Waals surface area (Å²) in [5, 5.41) is 0.344. The summed E-state index contributed by atoms with van der Waals surface area (Å²) in [6, 6.07) is 9.73. The summed E-state index contributed by atoms with van der Waals surface area (Å²) in [5.41, 5.74) is 0. The third-order valence-corrected chi connectivity index (χ3v) is 8.46. The molecule has 1 saturated heterocycles. The molecule has 0 atom stereocenters. The molecule has 0 saturated carbocycles. The maximum absolute atomic E-state index is 12.8. The molecule has 0 N–H and O–H groups in total. The smallest absolute Gasteiger partial charge is 0.243 e. The number of hydrogen-bond acceptors (Lipinski definition) is 6. The number of benzene rings is 1. The van der Waals surface area contributed by atoms with E-state index in [2.05, 4.69) is 0 Å². The Morgan fingerprint density at radius 1 is 0.969 bits per heavy atom. The van der Waals surface area contributed by atoms with E-state index >= 15 is 0 Å². The molecule has 2 aromatic rings. The van der Waals surface area contributed by atoms with Gasteiger partial charge in [0.1, 0.15) is 5.78 Å². The normalized spacial score (nSPS) is 15.0. The Kier molecular flexibility index (Phi) is 8.21. The largest absolute Gasteiger partial charge is 0.340 e. The SMILES string of the molecule is Cc1ccc(C(=O)CCC(=O)CCC(=O)N2CCN(S(=O)(=O)c3cccc(Cl)c3)CC2)s1. The van der Waals surface area contributed by atoms with Crippen molar-refractivity contribution in [3.8, 4) is 0 Å². The fourth-order valence-electron chi connectivity index (χ4n) is 3.44. The van der Waals surface area contributed by atoms with Crippen LogP contribution in [0, 0.1) is 6.92 Å².